The van der Waals surface area contributed by atoms with Gasteiger partial charge in [0, 0.05) is 31.4 Å². The van der Waals surface area contributed by atoms with Crippen LogP contribution < -0.4 is 15.5 Å². The van der Waals surface area contributed by atoms with Crippen LogP contribution in [0.3, 0.4) is 0 Å². The van der Waals surface area contributed by atoms with E-state index < -0.39 is 24.8 Å². The smallest absolute Gasteiger partial charge is 0.408 e. The predicted octanol–water partition coefficient (Wildman–Crippen LogP) is 2.37. The summed E-state index contributed by atoms with van der Waals surface area (Å²) in [5.74, 6) is 0.530. The predicted molar refractivity (Wildman–Crippen MR) is 125 cm³/mol. The molecule has 4 heterocycles. The zero-order chi connectivity index (χ0) is 26.3. The first-order valence-electron chi connectivity index (χ1n) is 11.4. The number of hydrogen-bond donors (Lipinski definition) is 3. The van der Waals surface area contributed by atoms with Gasteiger partial charge in [-0.25, -0.2) is 24.2 Å². The van der Waals surface area contributed by atoms with E-state index >= 15 is 0 Å². The van der Waals surface area contributed by atoms with Gasteiger partial charge in [-0.3, -0.25) is 0 Å². The summed E-state index contributed by atoms with van der Waals surface area (Å²) in [6.07, 6.45) is -4.26. The van der Waals surface area contributed by atoms with Gasteiger partial charge in [0.2, 0.25) is 0 Å². The Bertz CT molecular complexity index is 1320. The van der Waals surface area contributed by atoms with Gasteiger partial charge in [-0.2, -0.15) is 18.3 Å². The molecule has 2 atom stereocenters. The number of amides is 3. The van der Waals surface area contributed by atoms with Crippen LogP contribution in [0.4, 0.5) is 34.3 Å². The van der Waals surface area contributed by atoms with Crippen LogP contribution in [0.2, 0.25) is 0 Å². The van der Waals surface area contributed by atoms with E-state index in [2.05, 4.69) is 20.7 Å². The molecule has 37 heavy (non-hydrogen) atoms. The van der Waals surface area contributed by atoms with E-state index in [0.717, 1.165) is 4.68 Å². The highest BCUT2D eigenvalue weighted by Crippen LogP contribution is 2.34. The number of anilines is 2. The number of carboxylic acid groups (broad SMARTS) is 1. The van der Waals surface area contributed by atoms with Crippen molar-refractivity contribution < 1.29 is 32.6 Å². The lowest BCUT2D eigenvalue weighted by Crippen LogP contribution is -2.65. The molecule has 2 aromatic heterocycles. The summed E-state index contributed by atoms with van der Waals surface area (Å²) >= 11 is 0. The van der Waals surface area contributed by atoms with Crippen molar-refractivity contribution in [1.29, 1.82) is 0 Å². The van der Waals surface area contributed by atoms with Crippen LogP contribution in [0.15, 0.2) is 30.5 Å². The zero-order valence-electron chi connectivity index (χ0n) is 19.6. The molecule has 2 unspecified atom stereocenters. The maximum absolute atomic E-state index is 13.3. The van der Waals surface area contributed by atoms with Gasteiger partial charge in [-0.1, -0.05) is 0 Å². The Kier molecular flexibility index (Phi) is 6.23. The van der Waals surface area contributed by atoms with Crippen LogP contribution in [-0.2, 0) is 11.3 Å². The molecule has 0 aliphatic carbocycles. The molecule has 3 aromatic rings. The summed E-state index contributed by atoms with van der Waals surface area (Å²) in [6, 6.07) is 5.36. The lowest BCUT2D eigenvalue weighted by atomic mass is 10.0. The molecule has 5 rings (SSSR count). The number of hydrogen-bond acceptors (Lipinski definition) is 7. The number of halogens is 3. The second-order valence-electron chi connectivity index (χ2n) is 8.75. The molecule has 2 fully saturated rings. The van der Waals surface area contributed by atoms with E-state index in [0.29, 0.717) is 22.5 Å². The Labute approximate surface area is 208 Å². The van der Waals surface area contributed by atoms with E-state index in [1.807, 2.05) is 4.90 Å². The fraction of sp³-hybridized carbons (Fsp3) is 0.409. The second kappa shape index (κ2) is 9.38. The fourth-order valence-corrected chi connectivity index (χ4v) is 4.61. The molecule has 2 saturated heterocycles. The first kappa shape index (κ1) is 24.5. The molecular formula is C22H23F3N8O4. The van der Waals surface area contributed by atoms with Crippen molar-refractivity contribution in [2.24, 2.45) is 0 Å². The molecule has 2 aliphatic heterocycles. The minimum absolute atomic E-state index is 0.00421. The van der Waals surface area contributed by atoms with Crippen molar-refractivity contribution in [2.75, 3.05) is 43.6 Å². The molecule has 0 saturated carbocycles. The third kappa shape index (κ3) is 4.94. The number of ether oxygens (including phenoxy) is 1. The van der Waals surface area contributed by atoms with Gasteiger partial charge < -0.3 is 30.3 Å². The van der Waals surface area contributed by atoms with Crippen LogP contribution in [0.5, 0.6) is 0 Å². The Balaban J connectivity index is 1.60. The maximum Gasteiger partial charge on any atom is 0.408 e. The van der Waals surface area contributed by atoms with Gasteiger partial charge in [0.1, 0.15) is 12.4 Å². The largest absolute Gasteiger partial charge is 0.465 e. The average molecular weight is 520 g/mol. The molecule has 3 amide bonds. The van der Waals surface area contributed by atoms with Crippen LogP contribution in [0.1, 0.15) is 0 Å². The number of nitrogens with one attached hydrogen (secondary N) is 2. The van der Waals surface area contributed by atoms with Crippen LogP contribution >= 0.6 is 0 Å². The standard InChI is InChI=1S/C22H23F3N8O4/c1-26-20(34)28-13-4-2-12(3-5-13)17-29-18-16(6-27-32(18)11-22(23,24)25)19(30-17)33-14-7-31(21(35)36)8-15(33)10-37-9-14/h2-6,14-15H,7-11H2,1H3,(H,35,36)(H2,26,28,34). The number of rotatable bonds is 4. The first-order valence-corrected chi connectivity index (χ1v) is 11.4. The number of carbonyl (C=O) groups is 2. The Hall–Kier alpha value is -4.14. The number of urea groups is 1. The van der Waals surface area contributed by atoms with Gasteiger partial charge in [0.25, 0.3) is 0 Å². The molecule has 3 N–H and O–H groups in total. The molecule has 1 aromatic carbocycles. The number of piperazine rings is 1. The number of carbonyl (C=O) groups excluding carboxylic acids is 1. The summed E-state index contributed by atoms with van der Waals surface area (Å²) in [5.41, 5.74) is 1.02. The van der Waals surface area contributed by atoms with Crippen molar-refractivity contribution in [2.45, 2.75) is 24.8 Å². The van der Waals surface area contributed by atoms with Crippen LogP contribution in [0.25, 0.3) is 22.4 Å². The third-order valence-corrected chi connectivity index (χ3v) is 6.22. The summed E-state index contributed by atoms with van der Waals surface area (Å²) in [7, 11) is 1.48. The molecular weight excluding hydrogens is 497 g/mol. The molecule has 15 heteroatoms. The maximum atomic E-state index is 13.3. The number of morpholine rings is 1. The molecule has 0 radical (unpaired) electrons. The minimum Gasteiger partial charge on any atom is -0.465 e. The number of nitrogens with zero attached hydrogens (tertiary/aromatic N) is 6. The third-order valence-electron chi connectivity index (χ3n) is 6.22. The molecule has 0 spiro atoms. The summed E-state index contributed by atoms with van der Waals surface area (Å²) < 4.78 is 46.3. The van der Waals surface area contributed by atoms with Crippen LogP contribution in [-0.4, -0.2) is 93.5 Å². The normalized spacial score (nSPS) is 19.7. The van der Waals surface area contributed by atoms with E-state index in [1.54, 1.807) is 24.3 Å². The van der Waals surface area contributed by atoms with Gasteiger partial charge in [-0.15, -0.1) is 0 Å². The van der Waals surface area contributed by atoms with Crippen molar-refractivity contribution in [3.63, 3.8) is 0 Å². The average Bonchev–Trinajstić information content (AvgIpc) is 3.24. The molecule has 196 valence electrons. The molecule has 2 aliphatic rings. The second-order valence-corrected chi connectivity index (χ2v) is 8.75. The summed E-state index contributed by atoms with van der Waals surface area (Å²) in [6.45, 7) is -0.550. The number of benzene rings is 1. The van der Waals surface area contributed by atoms with E-state index in [4.69, 9.17) is 9.72 Å². The Morgan fingerprint density at radius 3 is 2.41 bits per heavy atom. The van der Waals surface area contributed by atoms with E-state index in [9.17, 15) is 27.9 Å². The van der Waals surface area contributed by atoms with Gasteiger partial charge in [0.05, 0.1) is 36.9 Å². The fourth-order valence-electron chi connectivity index (χ4n) is 4.61. The molecule has 12 nitrogen and oxygen atoms in total. The topological polar surface area (TPSA) is 138 Å². The quantitative estimate of drug-likeness (QED) is 0.477. The van der Waals surface area contributed by atoms with Crippen molar-refractivity contribution in [1.82, 2.24) is 30.0 Å². The van der Waals surface area contributed by atoms with E-state index in [1.165, 1.54) is 18.1 Å². The zero-order valence-corrected chi connectivity index (χ0v) is 19.6. The summed E-state index contributed by atoms with van der Waals surface area (Å²) in [4.78, 5) is 35.6. The monoisotopic (exact) mass is 520 g/mol. The van der Waals surface area contributed by atoms with Crippen LogP contribution in [0, 0.1) is 0 Å². The first-order chi connectivity index (χ1) is 17.6. The highest BCUT2D eigenvalue weighted by Gasteiger charge is 2.42. The summed E-state index contributed by atoms with van der Waals surface area (Å²) in [5, 5.41) is 18.8. The lowest BCUT2D eigenvalue weighted by molar-refractivity contribution is -0.141. The van der Waals surface area contributed by atoms with Crippen molar-refractivity contribution in [3.8, 4) is 11.4 Å². The lowest BCUT2D eigenvalue weighted by Gasteiger charge is -2.49. The number of fused-ring (bicyclic) bond motifs is 3. The minimum atomic E-state index is -4.52. The van der Waals surface area contributed by atoms with Gasteiger partial charge >= 0.3 is 18.3 Å². The number of alkyl halides is 3. The Morgan fingerprint density at radius 2 is 1.81 bits per heavy atom. The molecule has 2 bridgehead atoms. The SMILES string of the molecule is CNC(=O)Nc1ccc(-c2nc(N3C4COCC3CN(C(=O)O)C4)c3cnn(CC(F)(F)F)c3n2)cc1. The van der Waals surface area contributed by atoms with Crippen molar-refractivity contribution in [3.05, 3.63) is 30.5 Å². The number of aromatic nitrogens is 4. The highest BCUT2D eigenvalue weighted by molar-refractivity contribution is 5.90. The van der Waals surface area contributed by atoms with Gasteiger partial charge in [-0.05, 0) is 24.3 Å². The van der Waals surface area contributed by atoms with E-state index in [-0.39, 0.29) is 49.9 Å². The van der Waals surface area contributed by atoms with Crippen molar-refractivity contribution >= 4 is 34.7 Å². The highest BCUT2D eigenvalue weighted by atomic mass is 19.4. The Morgan fingerprint density at radius 1 is 1.14 bits per heavy atom. The van der Waals surface area contributed by atoms with Gasteiger partial charge in [0.15, 0.2) is 11.5 Å².